The molecule has 0 bridgehead atoms. The standard InChI is InChI=1S/C15H20N2O/c18-15(17-9-4-7-16-8-10-17)14-11-13(14)12-5-2-1-3-6-12/h1-3,5-6,13-14,16H,4,7-11H2. The predicted molar refractivity (Wildman–Crippen MR) is 71.4 cm³/mol. The molecule has 1 N–H and O–H groups in total. The average molecular weight is 244 g/mol. The van der Waals surface area contributed by atoms with Gasteiger partial charge >= 0.3 is 0 Å². The number of carbonyl (C=O) groups is 1. The molecule has 2 atom stereocenters. The van der Waals surface area contributed by atoms with Crippen molar-refractivity contribution in [2.24, 2.45) is 5.92 Å². The van der Waals surface area contributed by atoms with Gasteiger partial charge in [0.15, 0.2) is 0 Å². The molecule has 1 aromatic carbocycles. The minimum Gasteiger partial charge on any atom is -0.341 e. The molecule has 1 saturated carbocycles. The Morgan fingerprint density at radius 1 is 1.17 bits per heavy atom. The van der Waals surface area contributed by atoms with E-state index < -0.39 is 0 Å². The number of hydrogen-bond donors (Lipinski definition) is 1. The van der Waals surface area contributed by atoms with Gasteiger partial charge in [-0.15, -0.1) is 0 Å². The molecule has 0 aromatic heterocycles. The molecule has 1 heterocycles. The van der Waals surface area contributed by atoms with Crippen molar-refractivity contribution in [1.82, 2.24) is 10.2 Å². The molecule has 1 aliphatic carbocycles. The molecule has 2 unspecified atom stereocenters. The molecule has 1 amide bonds. The van der Waals surface area contributed by atoms with Crippen LogP contribution in [0.2, 0.25) is 0 Å². The van der Waals surface area contributed by atoms with E-state index >= 15 is 0 Å². The minimum atomic E-state index is 0.241. The van der Waals surface area contributed by atoms with Crippen LogP contribution in [0.15, 0.2) is 30.3 Å². The quantitative estimate of drug-likeness (QED) is 0.857. The van der Waals surface area contributed by atoms with Crippen LogP contribution in [0.25, 0.3) is 0 Å². The lowest BCUT2D eigenvalue weighted by Crippen LogP contribution is -2.35. The molecule has 96 valence electrons. The van der Waals surface area contributed by atoms with Crippen LogP contribution < -0.4 is 5.32 Å². The van der Waals surface area contributed by atoms with E-state index in [-0.39, 0.29) is 5.92 Å². The van der Waals surface area contributed by atoms with Gasteiger partial charge in [-0.05, 0) is 30.9 Å². The van der Waals surface area contributed by atoms with Crippen molar-refractivity contribution in [1.29, 1.82) is 0 Å². The zero-order chi connectivity index (χ0) is 12.4. The van der Waals surface area contributed by atoms with Crippen LogP contribution in [0, 0.1) is 5.92 Å². The number of benzene rings is 1. The van der Waals surface area contributed by atoms with E-state index in [9.17, 15) is 4.79 Å². The maximum Gasteiger partial charge on any atom is 0.226 e. The summed E-state index contributed by atoms with van der Waals surface area (Å²) < 4.78 is 0. The Hall–Kier alpha value is -1.35. The zero-order valence-corrected chi connectivity index (χ0v) is 10.6. The number of amides is 1. The molecule has 1 saturated heterocycles. The third-order valence-electron chi connectivity index (χ3n) is 3.99. The van der Waals surface area contributed by atoms with E-state index in [1.165, 1.54) is 5.56 Å². The smallest absolute Gasteiger partial charge is 0.226 e. The summed E-state index contributed by atoms with van der Waals surface area (Å²) in [5.41, 5.74) is 1.32. The van der Waals surface area contributed by atoms with Crippen molar-refractivity contribution in [3.63, 3.8) is 0 Å². The summed E-state index contributed by atoms with van der Waals surface area (Å²) in [5.74, 6) is 1.08. The van der Waals surface area contributed by atoms with E-state index in [0.29, 0.717) is 11.8 Å². The summed E-state index contributed by atoms with van der Waals surface area (Å²) in [6.07, 6.45) is 2.11. The Morgan fingerprint density at radius 2 is 2.00 bits per heavy atom. The fourth-order valence-corrected chi connectivity index (χ4v) is 2.84. The Bertz CT molecular complexity index is 410. The van der Waals surface area contributed by atoms with E-state index in [1.807, 2.05) is 11.0 Å². The van der Waals surface area contributed by atoms with Gasteiger partial charge in [-0.2, -0.15) is 0 Å². The topological polar surface area (TPSA) is 32.3 Å². The third-order valence-corrected chi connectivity index (χ3v) is 3.99. The monoisotopic (exact) mass is 244 g/mol. The normalized spacial score (nSPS) is 27.7. The summed E-state index contributed by atoms with van der Waals surface area (Å²) in [5, 5.41) is 3.34. The lowest BCUT2D eigenvalue weighted by molar-refractivity contribution is -0.132. The second-order valence-electron chi connectivity index (χ2n) is 5.29. The third kappa shape index (κ3) is 2.41. The maximum atomic E-state index is 12.4. The van der Waals surface area contributed by atoms with Crippen LogP contribution in [-0.4, -0.2) is 37.0 Å². The molecular formula is C15H20N2O. The molecule has 1 aliphatic heterocycles. The minimum absolute atomic E-state index is 0.241. The predicted octanol–water partition coefficient (Wildman–Crippen LogP) is 1.61. The van der Waals surface area contributed by atoms with Crippen LogP contribution in [0.1, 0.15) is 24.3 Å². The summed E-state index contributed by atoms with van der Waals surface area (Å²) >= 11 is 0. The number of rotatable bonds is 2. The second-order valence-corrected chi connectivity index (χ2v) is 5.29. The number of hydrogen-bond acceptors (Lipinski definition) is 2. The highest BCUT2D eigenvalue weighted by atomic mass is 16.2. The molecular weight excluding hydrogens is 224 g/mol. The first-order chi connectivity index (χ1) is 8.86. The highest BCUT2D eigenvalue weighted by molar-refractivity contribution is 5.83. The molecule has 3 nitrogen and oxygen atoms in total. The summed E-state index contributed by atoms with van der Waals surface area (Å²) in [4.78, 5) is 14.4. The largest absolute Gasteiger partial charge is 0.341 e. The molecule has 0 spiro atoms. The molecule has 2 aliphatic rings. The first-order valence-electron chi connectivity index (χ1n) is 6.91. The van der Waals surface area contributed by atoms with Gasteiger partial charge in [0.1, 0.15) is 0 Å². The van der Waals surface area contributed by atoms with Crippen molar-refractivity contribution in [2.75, 3.05) is 26.2 Å². The first-order valence-corrected chi connectivity index (χ1v) is 6.91. The van der Waals surface area contributed by atoms with Crippen molar-refractivity contribution in [2.45, 2.75) is 18.8 Å². The number of carbonyl (C=O) groups excluding carboxylic acids is 1. The number of nitrogens with one attached hydrogen (secondary N) is 1. The van der Waals surface area contributed by atoms with Crippen LogP contribution in [0.3, 0.4) is 0 Å². The highest BCUT2D eigenvalue weighted by Gasteiger charge is 2.45. The lowest BCUT2D eigenvalue weighted by Gasteiger charge is -2.20. The van der Waals surface area contributed by atoms with Gasteiger partial charge in [0, 0.05) is 25.6 Å². The molecule has 3 heteroatoms. The molecule has 0 radical (unpaired) electrons. The van der Waals surface area contributed by atoms with E-state index in [0.717, 1.165) is 39.0 Å². The lowest BCUT2D eigenvalue weighted by atomic mass is 10.1. The van der Waals surface area contributed by atoms with Crippen LogP contribution in [0.4, 0.5) is 0 Å². The Balaban J connectivity index is 1.61. The highest BCUT2D eigenvalue weighted by Crippen LogP contribution is 2.48. The first kappa shape index (κ1) is 11.7. The Morgan fingerprint density at radius 3 is 2.83 bits per heavy atom. The van der Waals surface area contributed by atoms with Crippen molar-refractivity contribution >= 4 is 5.91 Å². The van der Waals surface area contributed by atoms with Gasteiger partial charge in [-0.25, -0.2) is 0 Å². The van der Waals surface area contributed by atoms with Crippen molar-refractivity contribution < 1.29 is 4.79 Å². The second kappa shape index (κ2) is 5.11. The number of nitrogens with zero attached hydrogens (tertiary/aromatic N) is 1. The summed E-state index contributed by atoms with van der Waals surface area (Å²) in [6, 6.07) is 10.4. The van der Waals surface area contributed by atoms with Crippen LogP contribution >= 0.6 is 0 Å². The SMILES string of the molecule is O=C(C1CC1c1ccccc1)N1CCCNCC1. The Kier molecular flexibility index (Phi) is 3.33. The molecule has 3 rings (SSSR count). The van der Waals surface area contributed by atoms with Crippen LogP contribution in [-0.2, 0) is 4.79 Å². The van der Waals surface area contributed by atoms with Gasteiger partial charge in [0.05, 0.1) is 0 Å². The van der Waals surface area contributed by atoms with Gasteiger partial charge in [0.2, 0.25) is 5.91 Å². The molecule has 2 fully saturated rings. The fraction of sp³-hybridized carbons (Fsp3) is 0.533. The fourth-order valence-electron chi connectivity index (χ4n) is 2.84. The van der Waals surface area contributed by atoms with Gasteiger partial charge in [-0.1, -0.05) is 30.3 Å². The van der Waals surface area contributed by atoms with Crippen molar-refractivity contribution in [3.05, 3.63) is 35.9 Å². The van der Waals surface area contributed by atoms with Crippen LogP contribution in [0.5, 0.6) is 0 Å². The average Bonchev–Trinajstić information content (AvgIpc) is 3.23. The maximum absolute atomic E-state index is 12.4. The molecule has 18 heavy (non-hydrogen) atoms. The van der Waals surface area contributed by atoms with Gasteiger partial charge in [-0.3, -0.25) is 4.79 Å². The van der Waals surface area contributed by atoms with E-state index in [1.54, 1.807) is 0 Å². The van der Waals surface area contributed by atoms with Gasteiger partial charge in [0.25, 0.3) is 0 Å². The summed E-state index contributed by atoms with van der Waals surface area (Å²) in [6.45, 7) is 3.77. The van der Waals surface area contributed by atoms with Gasteiger partial charge < -0.3 is 10.2 Å². The Labute approximate surface area is 108 Å². The zero-order valence-electron chi connectivity index (χ0n) is 10.6. The van der Waals surface area contributed by atoms with E-state index in [2.05, 4.69) is 29.6 Å². The summed E-state index contributed by atoms with van der Waals surface area (Å²) in [7, 11) is 0. The molecule has 1 aromatic rings. The van der Waals surface area contributed by atoms with Crippen molar-refractivity contribution in [3.8, 4) is 0 Å². The van der Waals surface area contributed by atoms with E-state index in [4.69, 9.17) is 0 Å².